The van der Waals surface area contributed by atoms with Crippen LogP contribution in [-0.2, 0) is 7.05 Å². The third-order valence-electron chi connectivity index (χ3n) is 4.87. The van der Waals surface area contributed by atoms with Gasteiger partial charge in [0.2, 0.25) is 0 Å². The molecule has 0 amide bonds. The van der Waals surface area contributed by atoms with Gasteiger partial charge in [0.1, 0.15) is 0 Å². The zero-order valence-corrected chi connectivity index (χ0v) is 20.0. The predicted octanol–water partition coefficient (Wildman–Crippen LogP) is 6.30. The lowest BCUT2D eigenvalue weighted by atomic mass is 10.00. The van der Waals surface area contributed by atoms with E-state index in [4.69, 9.17) is 0 Å². The second-order valence-electron chi connectivity index (χ2n) is 7.39. The topological polar surface area (TPSA) is 34.0 Å². The van der Waals surface area contributed by atoms with E-state index < -0.39 is 0 Å². The highest BCUT2D eigenvalue weighted by Crippen LogP contribution is 2.26. The van der Waals surface area contributed by atoms with Crippen molar-refractivity contribution < 1.29 is 0 Å². The van der Waals surface area contributed by atoms with Gasteiger partial charge in [-0.3, -0.25) is 4.98 Å². The molecule has 0 fully saturated rings. The van der Waals surface area contributed by atoms with Crippen molar-refractivity contribution in [3.63, 3.8) is 0 Å². The average Bonchev–Trinajstić information content (AvgIpc) is 3.09. The molecular formula is C26H38N4. The fourth-order valence-corrected chi connectivity index (χ4v) is 2.98. The molecule has 0 aliphatic rings. The maximum Gasteiger partial charge on any atom is 0.0953 e. The summed E-state index contributed by atoms with van der Waals surface area (Å²) in [5, 5.41) is 0. The first kappa shape index (κ1) is 25.3. The van der Waals surface area contributed by atoms with Crippen LogP contribution in [0, 0.1) is 20.8 Å². The summed E-state index contributed by atoms with van der Waals surface area (Å²) < 4.78 is 2.05. The zero-order valence-electron chi connectivity index (χ0n) is 20.0. The molecule has 0 aliphatic carbocycles. The number of benzene rings is 1. The Morgan fingerprint density at radius 3 is 2.03 bits per heavy atom. The highest BCUT2D eigenvalue weighted by Gasteiger charge is 2.13. The van der Waals surface area contributed by atoms with E-state index in [-0.39, 0.29) is 0 Å². The zero-order chi connectivity index (χ0) is 22.7. The van der Waals surface area contributed by atoms with Crippen LogP contribution in [0.15, 0.2) is 61.6 Å². The van der Waals surface area contributed by atoms with E-state index in [9.17, 15) is 0 Å². The van der Waals surface area contributed by atoms with Crippen LogP contribution in [-0.4, -0.2) is 33.5 Å². The summed E-state index contributed by atoms with van der Waals surface area (Å²) in [4.78, 5) is 10.8. The van der Waals surface area contributed by atoms with Gasteiger partial charge in [-0.1, -0.05) is 50.3 Å². The van der Waals surface area contributed by atoms with E-state index in [2.05, 4.69) is 72.8 Å². The van der Waals surface area contributed by atoms with Crippen molar-refractivity contribution >= 4 is 0 Å². The van der Waals surface area contributed by atoms with E-state index in [1.54, 1.807) is 0 Å². The molecule has 0 bridgehead atoms. The maximum atomic E-state index is 4.47. The number of aromatic nitrogens is 3. The smallest absolute Gasteiger partial charge is 0.0953 e. The summed E-state index contributed by atoms with van der Waals surface area (Å²) in [6, 6.07) is 13.1. The maximum absolute atomic E-state index is 4.47. The molecule has 1 aromatic carbocycles. The Kier molecular flexibility index (Phi) is 10.8. The summed E-state index contributed by atoms with van der Waals surface area (Å²) in [6.07, 6.45) is 6.66. The van der Waals surface area contributed by atoms with Crippen molar-refractivity contribution in [1.29, 1.82) is 0 Å². The van der Waals surface area contributed by atoms with Crippen molar-refractivity contribution in [2.75, 3.05) is 14.1 Å². The Balaban J connectivity index is 0.000000375. The molecule has 4 heteroatoms. The van der Waals surface area contributed by atoms with Crippen LogP contribution in [0.4, 0.5) is 0 Å². The lowest BCUT2D eigenvalue weighted by Crippen LogP contribution is -2.19. The standard InChI is InChI=1S/C17H23N3.C7H9N.C2H6/c1-6-7-16(19(3)4)14-8-10-15(11-9-14)17-13(2)20(5)12-18-17;1-6-3-4-7(2)8-5-6;1-2/h6,8-12,16H,1,7H2,2-5H3;3-5H,1-2H3;1-2H3. The number of imidazole rings is 1. The van der Waals surface area contributed by atoms with Crippen molar-refractivity contribution in [2.24, 2.45) is 7.05 Å². The van der Waals surface area contributed by atoms with Gasteiger partial charge in [0.15, 0.2) is 0 Å². The molecule has 1 atom stereocenters. The first-order valence-corrected chi connectivity index (χ1v) is 10.6. The van der Waals surface area contributed by atoms with Crippen LogP contribution in [0.25, 0.3) is 11.3 Å². The number of nitrogens with zero attached hydrogens (tertiary/aromatic N) is 4. The first-order valence-electron chi connectivity index (χ1n) is 10.6. The van der Waals surface area contributed by atoms with Gasteiger partial charge in [0.05, 0.1) is 12.0 Å². The number of hydrogen-bond donors (Lipinski definition) is 0. The van der Waals surface area contributed by atoms with E-state index in [0.717, 1.165) is 17.8 Å². The number of rotatable bonds is 5. The molecule has 2 heterocycles. The molecule has 1 unspecified atom stereocenters. The Bertz CT molecular complexity index is 853. The Morgan fingerprint density at radius 1 is 1.00 bits per heavy atom. The molecule has 3 aromatic rings. The summed E-state index contributed by atoms with van der Waals surface area (Å²) in [7, 11) is 6.22. The third-order valence-corrected chi connectivity index (χ3v) is 4.87. The van der Waals surface area contributed by atoms with E-state index in [0.29, 0.717) is 6.04 Å². The summed E-state index contributed by atoms with van der Waals surface area (Å²) in [5.41, 5.74) is 7.03. The van der Waals surface area contributed by atoms with Gasteiger partial charge < -0.3 is 9.47 Å². The molecule has 3 rings (SSSR count). The molecule has 0 N–H and O–H groups in total. The number of aryl methyl sites for hydroxylation is 3. The van der Waals surface area contributed by atoms with Gasteiger partial charge in [-0.25, -0.2) is 4.98 Å². The van der Waals surface area contributed by atoms with Crippen molar-refractivity contribution in [3.8, 4) is 11.3 Å². The van der Waals surface area contributed by atoms with E-state index in [1.165, 1.54) is 22.4 Å². The molecule has 2 aromatic heterocycles. The van der Waals surface area contributed by atoms with Crippen LogP contribution in [0.3, 0.4) is 0 Å². The predicted molar refractivity (Wildman–Crippen MR) is 130 cm³/mol. The number of hydrogen-bond acceptors (Lipinski definition) is 3. The second-order valence-corrected chi connectivity index (χ2v) is 7.39. The van der Waals surface area contributed by atoms with Crippen molar-refractivity contribution in [1.82, 2.24) is 19.4 Å². The fourth-order valence-electron chi connectivity index (χ4n) is 2.98. The normalized spacial score (nSPS) is 11.1. The van der Waals surface area contributed by atoms with Crippen LogP contribution in [0.5, 0.6) is 0 Å². The molecule has 162 valence electrons. The monoisotopic (exact) mass is 406 g/mol. The first-order chi connectivity index (χ1) is 14.3. The summed E-state index contributed by atoms with van der Waals surface area (Å²) in [5.74, 6) is 0. The van der Waals surface area contributed by atoms with Gasteiger partial charge in [-0.2, -0.15) is 0 Å². The molecular weight excluding hydrogens is 368 g/mol. The summed E-state index contributed by atoms with van der Waals surface area (Å²) >= 11 is 0. The quantitative estimate of drug-likeness (QED) is 0.466. The molecule has 0 spiro atoms. The van der Waals surface area contributed by atoms with Crippen LogP contribution in [0.2, 0.25) is 0 Å². The Morgan fingerprint density at radius 2 is 1.63 bits per heavy atom. The van der Waals surface area contributed by atoms with Gasteiger partial charge >= 0.3 is 0 Å². The molecule has 0 saturated carbocycles. The molecule has 0 saturated heterocycles. The Hall–Kier alpha value is -2.72. The highest BCUT2D eigenvalue weighted by molar-refractivity contribution is 5.62. The average molecular weight is 407 g/mol. The fraction of sp³-hybridized carbons (Fsp3) is 0.385. The lowest BCUT2D eigenvalue weighted by molar-refractivity contribution is 0.301. The molecule has 30 heavy (non-hydrogen) atoms. The number of pyridine rings is 1. The molecule has 4 nitrogen and oxygen atoms in total. The largest absolute Gasteiger partial charge is 0.337 e. The van der Waals surface area contributed by atoms with E-state index in [1.807, 2.05) is 64.0 Å². The van der Waals surface area contributed by atoms with E-state index >= 15 is 0 Å². The second kappa shape index (κ2) is 12.8. The highest BCUT2D eigenvalue weighted by atomic mass is 15.1. The third kappa shape index (κ3) is 7.27. The molecule has 0 radical (unpaired) electrons. The van der Waals surface area contributed by atoms with Gasteiger partial charge in [-0.05, 0) is 58.5 Å². The minimum absolute atomic E-state index is 0.381. The molecule has 0 aliphatic heterocycles. The van der Waals surface area contributed by atoms with Crippen molar-refractivity contribution in [3.05, 3.63) is 84.1 Å². The SMILES string of the molecule is C=CCC(c1ccc(-c2ncn(C)c2C)cc1)N(C)C.CC.Cc1ccc(C)nc1. The van der Waals surface area contributed by atoms with Gasteiger partial charge in [0, 0.05) is 36.2 Å². The lowest BCUT2D eigenvalue weighted by Gasteiger charge is -2.23. The van der Waals surface area contributed by atoms with Crippen LogP contribution < -0.4 is 0 Å². The minimum Gasteiger partial charge on any atom is -0.337 e. The minimum atomic E-state index is 0.381. The van der Waals surface area contributed by atoms with Gasteiger partial charge in [0.25, 0.3) is 0 Å². The van der Waals surface area contributed by atoms with Gasteiger partial charge in [-0.15, -0.1) is 6.58 Å². The van der Waals surface area contributed by atoms with Crippen LogP contribution in [0.1, 0.15) is 48.8 Å². The van der Waals surface area contributed by atoms with Crippen molar-refractivity contribution in [2.45, 2.75) is 47.1 Å². The van der Waals surface area contributed by atoms with Crippen LogP contribution >= 0.6 is 0 Å². The summed E-state index contributed by atoms with van der Waals surface area (Å²) in [6.45, 7) is 14.0. The Labute approximate surface area is 183 Å².